The number of benzene rings is 3. The third kappa shape index (κ3) is 8.34. The summed E-state index contributed by atoms with van der Waals surface area (Å²) in [7, 11) is 1.64. The van der Waals surface area contributed by atoms with Crippen molar-refractivity contribution in [2.45, 2.75) is 46.0 Å². The van der Waals surface area contributed by atoms with Crippen LogP contribution >= 0.6 is 11.6 Å². The first-order valence-electron chi connectivity index (χ1n) is 12.7. The van der Waals surface area contributed by atoms with Crippen LogP contribution in [-0.4, -0.2) is 29.3 Å². The highest BCUT2D eigenvalue weighted by molar-refractivity contribution is 6.31. The van der Waals surface area contributed by atoms with Crippen LogP contribution in [0.3, 0.4) is 0 Å². The number of nitrogens with one attached hydrogen (secondary N) is 1. The van der Waals surface area contributed by atoms with E-state index in [-0.39, 0.29) is 18.3 Å². The van der Waals surface area contributed by atoms with Crippen LogP contribution in [0.15, 0.2) is 78.9 Å². The predicted molar refractivity (Wildman–Crippen MR) is 154 cm³/mol. The van der Waals surface area contributed by atoms with Crippen LogP contribution in [0, 0.1) is 6.92 Å². The molecule has 7 nitrogen and oxygen atoms in total. The minimum Gasteiger partial charge on any atom is -0.497 e. The van der Waals surface area contributed by atoms with Crippen LogP contribution in [0.5, 0.6) is 17.5 Å². The monoisotopic (exact) mass is 547 g/mol. The molecule has 0 aliphatic heterocycles. The van der Waals surface area contributed by atoms with E-state index in [0.717, 1.165) is 28.1 Å². The summed E-state index contributed by atoms with van der Waals surface area (Å²) < 4.78 is 23.8. The normalized spacial score (nSPS) is 12.1. The second-order valence-corrected chi connectivity index (χ2v) is 10.4. The Kier molecular flexibility index (Phi) is 9.28. The molecule has 204 valence electrons. The number of aromatic nitrogens is 2. The van der Waals surface area contributed by atoms with Crippen LogP contribution < -0.4 is 19.5 Å². The highest BCUT2D eigenvalue weighted by atomic mass is 35.5. The second kappa shape index (κ2) is 12.8. The Morgan fingerprint density at radius 3 is 2.23 bits per heavy atom. The van der Waals surface area contributed by atoms with E-state index in [9.17, 15) is 0 Å². The van der Waals surface area contributed by atoms with Crippen molar-refractivity contribution in [2.24, 2.45) is 0 Å². The van der Waals surface area contributed by atoms with Crippen molar-refractivity contribution >= 4 is 23.2 Å². The molecule has 0 aliphatic rings. The van der Waals surface area contributed by atoms with Gasteiger partial charge in [0.15, 0.2) is 0 Å². The molecule has 1 heterocycles. The van der Waals surface area contributed by atoms with E-state index in [2.05, 4.69) is 15.3 Å². The van der Waals surface area contributed by atoms with Crippen molar-refractivity contribution in [2.75, 3.05) is 19.0 Å². The summed E-state index contributed by atoms with van der Waals surface area (Å²) in [5.41, 5.74) is 3.31. The Morgan fingerprint density at radius 2 is 1.56 bits per heavy atom. The first-order valence-corrected chi connectivity index (χ1v) is 13.1. The maximum absolute atomic E-state index is 6.32. The van der Waals surface area contributed by atoms with Gasteiger partial charge in [-0.1, -0.05) is 60.1 Å². The number of methoxy groups -OCH3 is 1. The molecule has 0 bridgehead atoms. The molecule has 0 fully saturated rings. The first-order chi connectivity index (χ1) is 18.7. The van der Waals surface area contributed by atoms with Crippen LogP contribution in [0.4, 0.5) is 11.6 Å². The molecule has 1 aromatic heterocycles. The highest BCUT2D eigenvalue weighted by Crippen LogP contribution is 2.29. The van der Waals surface area contributed by atoms with E-state index in [0.29, 0.717) is 29.3 Å². The molecule has 8 heteroatoms. The Balaban J connectivity index is 1.58. The number of hydrogen-bond acceptors (Lipinski definition) is 7. The molecule has 3 aromatic carbocycles. The number of ether oxygens (including phenoxy) is 4. The van der Waals surface area contributed by atoms with Crippen LogP contribution in [0.1, 0.15) is 43.6 Å². The number of halogens is 1. The van der Waals surface area contributed by atoms with Crippen molar-refractivity contribution in [3.63, 3.8) is 0 Å². The van der Waals surface area contributed by atoms with Gasteiger partial charge in [-0.05, 0) is 68.7 Å². The van der Waals surface area contributed by atoms with E-state index < -0.39 is 0 Å². The van der Waals surface area contributed by atoms with E-state index in [1.54, 1.807) is 13.2 Å². The maximum atomic E-state index is 6.32. The van der Waals surface area contributed by atoms with Crippen molar-refractivity contribution < 1.29 is 18.9 Å². The van der Waals surface area contributed by atoms with E-state index >= 15 is 0 Å². The largest absolute Gasteiger partial charge is 0.497 e. The summed E-state index contributed by atoms with van der Waals surface area (Å²) in [6, 6.07) is 25.0. The van der Waals surface area contributed by atoms with E-state index in [4.69, 9.17) is 30.5 Å². The molecule has 4 rings (SSSR count). The lowest BCUT2D eigenvalue weighted by Crippen LogP contribution is -2.26. The SMILES string of the molecule is COc1ccc(COc2cc(OCC(OC(C)(C)C)c3ccccc3)nc(Nc3cccc(Cl)c3C)n2)cc1. The molecule has 0 aliphatic carbocycles. The van der Waals surface area contributed by atoms with Gasteiger partial charge in [0.25, 0.3) is 0 Å². The molecule has 1 unspecified atom stereocenters. The minimum absolute atomic E-state index is 0.256. The molecular formula is C31H34ClN3O4. The summed E-state index contributed by atoms with van der Waals surface area (Å²) in [5.74, 6) is 1.84. The smallest absolute Gasteiger partial charge is 0.233 e. The standard InChI is InChI=1S/C31H34ClN3O4/c1-21-25(32)12-9-13-26(21)33-30-34-28(37-19-22-14-16-24(36-5)17-15-22)18-29(35-30)38-20-27(39-31(2,3)4)23-10-7-6-8-11-23/h6-18,27H,19-20H2,1-5H3,(H,33,34,35). The van der Waals surface area contributed by atoms with Gasteiger partial charge in [0, 0.05) is 10.7 Å². The fraction of sp³-hybridized carbons (Fsp3) is 0.290. The van der Waals surface area contributed by atoms with Crippen molar-refractivity contribution in [3.05, 3.63) is 101 Å². The molecule has 1 atom stereocenters. The van der Waals surface area contributed by atoms with Gasteiger partial charge in [0.1, 0.15) is 25.1 Å². The van der Waals surface area contributed by atoms with Gasteiger partial charge in [0.05, 0.1) is 18.8 Å². The van der Waals surface area contributed by atoms with Gasteiger partial charge in [0.2, 0.25) is 17.7 Å². The third-order valence-corrected chi connectivity index (χ3v) is 6.20. The summed E-state index contributed by atoms with van der Waals surface area (Å²) in [6.45, 7) is 8.57. The molecule has 39 heavy (non-hydrogen) atoms. The zero-order chi connectivity index (χ0) is 27.8. The number of nitrogens with zero attached hydrogens (tertiary/aromatic N) is 2. The Bertz CT molecular complexity index is 1360. The average Bonchev–Trinajstić information content (AvgIpc) is 2.92. The Hall–Kier alpha value is -3.81. The molecular weight excluding hydrogens is 514 g/mol. The van der Waals surface area contributed by atoms with Gasteiger partial charge in [-0.15, -0.1) is 0 Å². The minimum atomic E-state index is -0.362. The quantitative estimate of drug-likeness (QED) is 0.206. The van der Waals surface area contributed by atoms with Gasteiger partial charge in [-0.3, -0.25) is 0 Å². The van der Waals surface area contributed by atoms with E-state index in [1.165, 1.54) is 0 Å². The first kappa shape index (κ1) is 28.2. The maximum Gasteiger partial charge on any atom is 0.233 e. The lowest BCUT2D eigenvalue weighted by Gasteiger charge is -2.28. The summed E-state index contributed by atoms with van der Waals surface area (Å²) in [5, 5.41) is 3.90. The number of rotatable bonds is 11. The molecule has 0 radical (unpaired) electrons. The summed E-state index contributed by atoms with van der Waals surface area (Å²) in [6.07, 6.45) is -0.295. The van der Waals surface area contributed by atoms with Gasteiger partial charge in [-0.2, -0.15) is 9.97 Å². The molecule has 0 amide bonds. The lowest BCUT2D eigenvalue weighted by atomic mass is 10.1. The van der Waals surface area contributed by atoms with E-state index in [1.807, 2.05) is 100 Å². The third-order valence-electron chi connectivity index (χ3n) is 5.79. The molecule has 0 spiro atoms. The molecule has 1 N–H and O–H groups in total. The highest BCUT2D eigenvalue weighted by Gasteiger charge is 2.22. The van der Waals surface area contributed by atoms with Crippen molar-refractivity contribution in [3.8, 4) is 17.5 Å². The zero-order valence-electron chi connectivity index (χ0n) is 22.9. The molecule has 0 saturated heterocycles. The molecule has 0 saturated carbocycles. The fourth-order valence-corrected chi connectivity index (χ4v) is 3.98. The van der Waals surface area contributed by atoms with Crippen LogP contribution in [0.25, 0.3) is 0 Å². The summed E-state index contributed by atoms with van der Waals surface area (Å²) in [4.78, 5) is 9.17. The Morgan fingerprint density at radius 1 is 0.872 bits per heavy atom. The predicted octanol–water partition coefficient (Wildman–Crippen LogP) is 7.70. The molecule has 4 aromatic rings. The van der Waals surface area contributed by atoms with Crippen LogP contribution in [-0.2, 0) is 11.3 Å². The zero-order valence-corrected chi connectivity index (χ0v) is 23.7. The van der Waals surface area contributed by atoms with Gasteiger partial charge < -0.3 is 24.3 Å². The topological polar surface area (TPSA) is 74.7 Å². The number of anilines is 2. The van der Waals surface area contributed by atoms with Crippen LogP contribution in [0.2, 0.25) is 5.02 Å². The summed E-state index contributed by atoms with van der Waals surface area (Å²) >= 11 is 6.32. The van der Waals surface area contributed by atoms with Crippen molar-refractivity contribution in [1.82, 2.24) is 9.97 Å². The van der Waals surface area contributed by atoms with Crippen molar-refractivity contribution in [1.29, 1.82) is 0 Å². The van der Waals surface area contributed by atoms with Gasteiger partial charge >= 0.3 is 0 Å². The average molecular weight is 548 g/mol. The fourth-order valence-electron chi connectivity index (χ4n) is 3.80. The lowest BCUT2D eigenvalue weighted by molar-refractivity contribution is -0.0786. The Labute approximate surface area is 235 Å². The second-order valence-electron chi connectivity index (χ2n) is 9.98. The number of hydrogen-bond donors (Lipinski definition) is 1. The van der Waals surface area contributed by atoms with Gasteiger partial charge in [-0.25, -0.2) is 0 Å².